The molecule has 1 fully saturated rings. The number of rotatable bonds is 16. The Bertz CT molecular complexity index is 1160. The van der Waals surface area contributed by atoms with Gasteiger partial charge >= 0.3 is 0 Å². The molecule has 40 heavy (non-hydrogen) atoms. The molecule has 8 heteroatoms. The Hall–Kier alpha value is -2.52. The van der Waals surface area contributed by atoms with Gasteiger partial charge in [-0.1, -0.05) is 57.0 Å². The third-order valence-electron chi connectivity index (χ3n) is 7.09. The molecule has 0 radical (unpaired) electrons. The van der Waals surface area contributed by atoms with Crippen molar-refractivity contribution in [2.24, 2.45) is 5.92 Å². The number of benzene rings is 1. The second kappa shape index (κ2) is 14.9. The summed E-state index contributed by atoms with van der Waals surface area (Å²) in [5, 5.41) is 0. The first-order valence-corrected chi connectivity index (χ1v) is 14.9. The molecule has 0 N–H and O–H groups in total. The van der Waals surface area contributed by atoms with Crippen molar-refractivity contribution in [3.8, 4) is 5.88 Å². The quantitative estimate of drug-likeness (QED) is 0.196. The lowest BCUT2D eigenvalue weighted by molar-refractivity contribution is -0.000186. The fourth-order valence-corrected chi connectivity index (χ4v) is 5.09. The second-order valence-electron chi connectivity index (χ2n) is 11.8. The van der Waals surface area contributed by atoms with Gasteiger partial charge in [0, 0.05) is 50.5 Å². The minimum atomic E-state index is -0.384. The molecule has 1 aliphatic heterocycles. The molecule has 220 valence electrons. The highest BCUT2D eigenvalue weighted by Crippen LogP contribution is 2.31. The zero-order valence-electron chi connectivity index (χ0n) is 25.1. The largest absolute Gasteiger partial charge is 0.470 e. The number of ether oxygens (including phenoxy) is 4. The maximum Gasteiger partial charge on any atom is 0.242 e. The van der Waals surface area contributed by atoms with E-state index in [0.717, 1.165) is 87.3 Å². The van der Waals surface area contributed by atoms with Crippen LogP contribution >= 0.6 is 0 Å². The fourth-order valence-electron chi connectivity index (χ4n) is 5.09. The van der Waals surface area contributed by atoms with Crippen molar-refractivity contribution in [3.05, 3.63) is 54.0 Å². The van der Waals surface area contributed by atoms with Gasteiger partial charge in [0.25, 0.3) is 0 Å². The van der Waals surface area contributed by atoms with Crippen LogP contribution in [-0.4, -0.2) is 64.1 Å². The van der Waals surface area contributed by atoms with E-state index in [1.54, 1.807) is 6.33 Å². The van der Waals surface area contributed by atoms with Crippen molar-refractivity contribution in [1.29, 1.82) is 0 Å². The summed E-state index contributed by atoms with van der Waals surface area (Å²) in [5.74, 6) is 0.946. The van der Waals surface area contributed by atoms with E-state index in [0.29, 0.717) is 25.1 Å². The summed E-state index contributed by atoms with van der Waals surface area (Å²) in [7, 11) is 0. The zero-order chi connectivity index (χ0) is 28.4. The lowest BCUT2D eigenvalue weighted by Gasteiger charge is -2.21. The van der Waals surface area contributed by atoms with Crippen molar-refractivity contribution in [2.75, 3.05) is 32.9 Å². The van der Waals surface area contributed by atoms with Gasteiger partial charge in [-0.25, -0.2) is 4.98 Å². The average molecular weight is 553 g/mol. The van der Waals surface area contributed by atoms with Crippen LogP contribution in [0.3, 0.4) is 0 Å². The fraction of sp³-hybridized carbons (Fsp3) is 0.625. The molecule has 1 aromatic carbocycles. The molecule has 0 aliphatic carbocycles. The highest BCUT2D eigenvalue weighted by atomic mass is 16.5. The summed E-state index contributed by atoms with van der Waals surface area (Å²) in [6, 6.07) is 10.2. The Morgan fingerprint density at radius 1 is 0.950 bits per heavy atom. The number of unbranched alkanes of at least 4 members (excludes halogenated alkanes) is 2. The van der Waals surface area contributed by atoms with Gasteiger partial charge in [-0.05, 0) is 39.2 Å². The SMILES string of the molecule is CCCCOC[C@H]1CN(Cc2cn(COCc3ccccc3)c3c(OC(C)(C)C)ncnc23)CC1OCCCC. The minimum absolute atomic E-state index is 0.185. The standard InChI is InChI=1S/C32H48N4O4/c1-6-8-15-37-22-27-18-35(20-28(27)39-16-9-7-2)17-26-19-36(24-38-21-25-13-11-10-12-14-25)30-29(26)33-23-34-31(30)40-32(3,4)5/h10-14,19,23,27-28H,6-9,15-18,20-22,24H2,1-5H3/t27-,28?/m1/s1. The van der Waals surface area contributed by atoms with Gasteiger partial charge in [-0.2, -0.15) is 4.98 Å². The molecule has 2 atom stereocenters. The number of likely N-dealkylation sites (tertiary alicyclic amines) is 1. The van der Waals surface area contributed by atoms with Crippen molar-refractivity contribution < 1.29 is 18.9 Å². The van der Waals surface area contributed by atoms with Crippen LogP contribution in [-0.2, 0) is 34.1 Å². The molecule has 2 aromatic heterocycles. The first-order valence-electron chi connectivity index (χ1n) is 14.9. The van der Waals surface area contributed by atoms with E-state index in [4.69, 9.17) is 23.9 Å². The van der Waals surface area contributed by atoms with Crippen molar-refractivity contribution >= 4 is 11.0 Å². The summed E-state index contributed by atoms with van der Waals surface area (Å²) in [6.07, 6.45) is 8.41. The van der Waals surface area contributed by atoms with Gasteiger partial charge in [-0.3, -0.25) is 4.90 Å². The average Bonchev–Trinajstić information content (AvgIpc) is 3.48. The Morgan fingerprint density at radius 2 is 1.73 bits per heavy atom. The Kier molecular flexibility index (Phi) is 11.4. The first-order chi connectivity index (χ1) is 19.4. The van der Waals surface area contributed by atoms with Gasteiger partial charge in [-0.15, -0.1) is 0 Å². The highest BCUT2D eigenvalue weighted by molar-refractivity contribution is 5.84. The van der Waals surface area contributed by atoms with Crippen molar-refractivity contribution in [2.45, 2.75) is 91.9 Å². The monoisotopic (exact) mass is 552 g/mol. The number of fused-ring (bicyclic) bond motifs is 1. The summed E-state index contributed by atoms with van der Waals surface area (Å²) >= 11 is 0. The molecule has 0 spiro atoms. The summed E-state index contributed by atoms with van der Waals surface area (Å²) in [5.41, 5.74) is 3.67. The first kappa shape index (κ1) is 30.4. The molecule has 1 saturated heterocycles. The lowest BCUT2D eigenvalue weighted by Crippen LogP contribution is -2.27. The molecule has 1 aliphatic rings. The third-order valence-corrected chi connectivity index (χ3v) is 7.09. The Balaban J connectivity index is 1.52. The minimum Gasteiger partial charge on any atom is -0.470 e. The van der Waals surface area contributed by atoms with Crippen LogP contribution in [0.4, 0.5) is 0 Å². The summed E-state index contributed by atoms with van der Waals surface area (Å²) in [6.45, 7) is 16.4. The van der Waals surface area contributed by atoms with Gasteiger partial charge in [0.2, 0.25) is 5.88 Å². The van der Waals surface area contributed by atoms with Crippen LogP contribution in [0.15, 0.2) is 42.9 Å². The molecule has 4 rings (SSSR count). The third kappa shape index (κ3) is 8.74. The molecule has 0 saturated carbocycles. The van der Waals surface area contributed by atoms with Crippen LogP contribution in [0, 0.1) is 5.92 Å². The molecular formula is C32H48N4O4. The van der Waals surface area contributed by atoms with E-state index < -0.39 is 0 Å². The highest BCUT2D eigenvalue weighted by Gasteiger charge is 2.34. The maximum atomic E-state index is 6.35. The molecule has 1 unspecified atom stereocenters. The van der Waals surface area contributed by atoms with E-state index in [9.17, 15) is 0 Å². The Labute approximate surface area is 240 Å². The molecule has 0 bridgehead atoms. The number of hydrogen-bond acceptors (Lipinski definition) is 7. The maximum absolute atomic E-state index is 6.35. The summed E-state index contributed by atoms with van der Waals surface area (Å²) in [4.78, 5) is 11.7. The van der Waals surface area contributed by atoms with Crippen LogP contribution < -0.4 is 4.74 Å². The van der Waals surface area contributed by atoms with Crippen LogP contribution in [0.2, 0.25) is 0 Å². The van der Waals surface area contributed by atoms with Crippen molar-refractivity contribution in [1.82, 2.24) is 19.4 Å². The smallest absolute Gasteiger partial charge is 0.242 e. The van der Waals surface area contributed by atoms with Crippen LogP contribution in [0.25, 0.3) is 11.0 Å². The Morgan fingerprint density at radius 3 is 2.48 bits per heavy atom. The zero-order valence-corrected chi connectivity index (χ0v) is 25.1. The normalized spacial score (nSPS) is 18.1. The van der Waals surface area contributed by atoms with Crippen molar-refractivity contribution in [3.63, 3.8) is 0 Å². The second-order valence-corrected chi connectivity index (χ2v) is 11.8. The molecule has 3 heterocycles. The predicted octanol–water partition coefficient (Wildman–Crippen LogP) is 6.22. The van der Waals surface area contributed by atoms with Crippen LogP contribution in [0.1, 0.15) is 71.4 Å². The van der Waals surface area contributed by atoms with Gasteiger partial charge in [0.15, 0.2) is 0 Å². The van der Waals surface area contributed by atoms with Gasteiger partial charge in [0.1, 0.15) is 29.7 Å². The van der Waals surface area contributed by atoms with Crippen LogP contribution in [0.5, 0.6) is 5.88 Å². The topological polar surface area (TPSA) is 70.9 Å². The van der Waals surface area contributed by atoms with Gasteiger partial charge in [0.05, 0.1) is 19.3 Å². The predicted molar refractivity (Wildman–Crippen MR) is 158 cm³/mol. The number of nitrogens with zero attached hydrogens (tertiary/aromatic N) is 4. The van der Waals surface area contributed by atoms with E-state index in [1.807, 2.05) is 39.0 Å². The summed E-state index contributed by atoms with van der Waals surface area (Å²) < 4.78 is 26.9. The molecule has 8 nitrogen and oxygen atoms in total. The number of hydrogen-bond donors (Lipinski definition) is 0. The van der Waals surface area contributed by atoms with E-state index in [2.05, 4.69) is 46.6 Å². The van der Waals surface area contributed by atoms with E-state index in [1.165, 1.54) is 0 Å². The van der Waals surface area contributed by atoms with Gasteiger partial charge < -0.3 is 23.5 Å². The molecule has 0 amide bonds. The number of aromatic nitrogens is 3. The van der Waals surface area contributed by atoms with E-state index >= 15 is 0 Å². The van der Waals surface area contributed by atoms with E-state index in [-0.39, 0.29) is 11.7 Å². The lowest BCUT2D eigenvalue weighted by atomic mass is 10.1. The molecular weight excluding hydrogens is 504 g/mol. The molecule has 3 aromatic rings.